The summed E-state index contributed by atoms with van der Waals surface area (Å²) < 4.78 is 11.0. The van der Waals surface area contributed by atoms with Gasteiger partial charge in [0.05, 0.1) is 0 Å². The van der Waals surface area contributed by atoms with Gasteiger partial charge in [0.1, 0.15) is 0 Å². The van der Waals surface area contributed by atoms with E-state index in [0.29, 0.717) is 6.42 Å². The molecule has 0 saturated carbocycles. The second-order valence-electron chi connectivity index (χ2n) is 7.47. The number of hydrogen-bond donors (Lipinski definition) is 0. The third-order valence-corrected chi connectivity index (χ3v) is 4.36. The zero-order valence-corrected chi connectivity index (χ0v) is 16.7. The van der Waals surface area contributed by atoms with E-state index in [-0.39, 0.29) is 0 Å². The highest BCUT2D eigenvalue weighted by Gasteiger charge is 2.35. The minimum Gasteiger partial charge on any atom is -0.519 e. The number of carbonyl (C=O) groups excluding carboxylic acids is 2. The summed E-state index contributed by atoms with van der Waals surface area (Å²) in [5.41, 5.74) is 0. The molecule has 0 heterocycles. The molecular weight excluding hydrogens is 300 g/mol. The molecule has 124 valence electrons. The van der Waals surface area contributed by atoms with Gasteiger partial charge in [0.25, 0.3) is 0 Å². The van der Waals surface area contributed by atoms with Crippen LogP contribution < -0.4 is 0 Å². The molecule has 0 aliphatic rings. The third-order valence-electron chi connectivity index (χ3n) is 2.73. The number of carbonyl (C=O) groups is 2. The van der Waals surface area contributed by atoms with Crippen LogP contribution in [0.25, 0.3) is 0 Å². The summed E-state index contributed by atoms with van der Waals surface area (Å²) in [7, 11) is -3.98. The van der Waals surface area contributed by atoms with Gasteiger partial charge in [-0.1, -0.05) is 32.6 Å². The van der Waals surface area contributed by atoms with Crippen LogP contribution in [-0.4, -0.2) is 28.6 Å². The number of unbranched alkanes of at least 4 members (excludes halogenated alkanes) is 3. The highest BCUT2D eigenvalue weighted by molar-refractivity contribution is 6.72. The highest BCUT2D eigenvalue weighted by atomic mass is 28.4. The van der Waals surface area contributed by atoms with Crippen LogP contribution in [0.15, 0.2) is 0 Å². The molecule has 0 radical (unpaired) electrons. The van der Waals surface area contributed by atoms with E-state index in [2.05, 4.69) is 6.92 Å². The maximum absolute atomic E-state index is 12.3. The van der Waals surface area contributed by atoms with Crippen molar-refractivity contribution >= 4 is 28.6 Å². The Labute approximate surface area is 131 Å². The van der Waals surface area contributed by atoms with Crippen molar-refractivity contribution in [2.45, 2.75) is 78.3 Å². The van der Waals surface area contributed by atoms with Crippen LogP contribution in [0.4, 0.5) is 0 Å². The summed E-state index contributed by atoms with van der Waals surface area (Å²) in [4.78, 5) is 24.6. The summed E-state index contributed by atoms with van der Waals surface area (Å²) in [5.74, 6) is -1.54. The first kappa shape index (κ1) is 20.4. The lowest BCUT2D eigenvalue weighted by molar-refractivity contribution is -0.152. The average molecular weight is 333 g/mol. The smallest absolute Gasteiger partial charge is 0.306 e. The van der Waals surface area contributed by atoms with E-state index in [1.54, 1.807) is 0 Å². The van der Waals surface area contributed by atoms with Crippen molar-refractivity contribution in [3.8, 4) is 0 Å². The van der Waals surface area contributed by atoms with Crippen molar-refractivity contribution in [2.75, 3.05) is 0 Å². The predicted molar refractivity (Wildman–Crippen MR) is 91.1 cm³/mol. The van der Waals surface area contributed by atoms with Crippen molar-refractivity contribution in [3.63, 3.8) is 0 Å². The summed E-state index contributed by atoms with van der Waals surface area (Å²) in [5, 5.41) is 0. The fourth-order valence-corrected chi connectivity index (χ4v) is 3.34. The normalized spacial score (nSPS) is 12.4. The van der Waals surface area contributed by atoms with E-state index in [1.165, 1.54) is 0 Å². The molecule has 0 saturated heterocycles. The first-order chi connectivity index (χ1) is 9.46. The summed E-state index contributed by atoms with van der Waals surface area (Å²) >= 11 is 0. The van der Waals surface area contributed by atoms with Crippen LogP contribution in [0.2, 0.25) is 39.3 Å². The average Bonchev–Trinajstić information content (AvgIpc) is 2.23. The first-order valence-electron chi connectivity index (χ1n) is 7.92. The molecule has 0 aliphatic heterocycles. The summed E-state index contributed by atoms with van der Waals surface area (Å²) in [6.07, 6.45) is 4.68. The molecule has 21 heavy (non-hydrogen) atoms. The predicted octanol–water partition coefficient (Wildman–Crippen LogP) is 4.33. The molecule has 0 spiro atoms. The van der Waals surface area contributed by atoms with Gasteiger partial charge in [-0.3, -0.25) is 9.59 Å². The second-order valence-corrected chi connectivity index (χ2v) is 16.3. The van der Waals surface area contributed by atoms with Crippen LogP contribution in [-0.2, 0) is 18.4 Å². The Morgan fingerprint density at radius 3 is 1.57 bits per heavy atom. The van der Waals surface area contributed by atoms with E-state index in [4.69, 9.17) is 8.85 Å². The molecule has 0 amide bonds. The van der Waals surface area contributed by atoms with Gasteiger partial charge >= 0.3 is 11.9 Å². The van der Waals surface area contributed by atoms with Gasteiger partial charge in [0.15, 0.2) is 5.92 Å². The lowest BCUT2D eigenvalue weighted by Crippen LogP contribution is -2.40. The van der Waals surface area contributed by atoms with Gasteiger partial charge in [-0.25, -0.2) is 0 Å². The molecule has 0 unspecified atom stereocenters. The quantitative estimate of drug-likeness (QED) is 0.358. The Balaban J connectivity index is 4.75. The first-order valence-corrected chi connectivity index (χ1v) is 14.7. The molecule has 4 nitrogen and oxygen atoms in total. The van der Waals surface area contributed by atoms with Crippen molar-refractivity contribution in [2.24, 2.45) is 5.92 Å². The van der Waals surface area contributed by atoms with E-state index >= 15 is 0 Å². The zero-order valence-electron chi connectivity index (χ0n) is 14.7. The summed E-state index contributed by atoms with van der Waals surface area (Å²) in [6, 6.07) is 0. The Hall–Kier alpha value is -0.626. The Morgan fingerprint density at radius 1 is 0.810 bits per heavy atom. The fourth-order valence-electron chi connectivity index (χ4n) is 1.85. The van der Waals surface area contributed by atoms with Gasteiger partial charge in [-0.15, -0.1) is 0 Å². The molecule has 0 rings (SSSR count). The standard InChI is InChI=1S/C15H32O4Si2/c1-8-9-10-11-12-13(14(16)18-20(2,3)4)15(17)19-21(5,6)7/h13H,8-12H2,1-7H3. The van der Waals surface area contributed by atoms with Crippen LogP contribution in [0.1, 0.15) is 39.0 Å². The van der Waals surface area contributed by atoms with Gasteiger partial charge in [-0.2, -0.15) is 0 Å². The molecule has 0 bridgehead atoms. The minimum absolute atomic E-state index is 0.395. The summed E-state index contributed by atoms with van der Waals surface area (Å²) in [6.45, 7) is 13.8. The van der Waals surface area contributed by atoms with E-state index in [9.17, 15) is 9.59 Å². The second kappa shape index (κ2) is 8.73. The van der Waals surface area contributed by atoms with Crippen molar-refractivity contribution in [3.05, 3.63) is 0 Å². The molecule has 0 atom stereocenters. The topological polar surface area (TPSA) is 52.6 Å². The molecule has 0 aromatic carbocycles. The third kappa shape index (κ3) is 10.7. The van der Waals surface area contributed by atoms with Crippen LogP contribution in [0.5, 0.6) is 0 Å². The van der Waals surface area contributed by atoms with Gasteiger partial charge in [-0.05, 0) is 45.7 Å². The minimum atomic E-state index is -1.99. The lowest BCUT2D eigenvalue weighted by Gasteiger charge is -2.25. The van der Waals surface area contributed by atoms with Crippen LogP contribution in [0.3, 0.4) is 0 Å². The fraction of sp³-hybridized carbons (Fsp3) is 0.867. The van der Waals surface area contributed by atoms with Crippen LogP contribution in [0, 0.1) is 5.92 Å². The maximum atomic E-state index is 12.3. The van der Waals surface area contributed by atoms with Crippen LogP contribution >= 0.6 is 0 Å². The van der Waals surface area contributed by atoms with Gasteiger partial charge in [0.2, 0.25) is 16.6 Å². The Morgan fingerprint density at radius 2 is 1.24 bits per heavy atom. The van der Waals surface area contributed by atoms with E-state index < -0.39 is 34.5 Å². The Bertz CT molecular complexity index is 315. The largest absolute Gasteiger partial charge is 0.519 e. The molecule has 0 fully saturated rings. The molecule has 0 aromatic heterocycles. The SMILES string of the molecule is CCCCCCC(C(=O)O[Si](C)(C)C)C(=O)O[Si](C)(C)C. The van der Waals surface area contributed by atoms with Gasteiger partial charge < -0.3 is 8.85 Å². The van der Waals surface area contributed by atoms with E-state index in [0.717, 1.165) is 25.7 Å². The zero-order chi connectivity index (χ0) is 16.7. The van der Waals surface area contributed by atoms with E-state index in [1.807, 2.05) is 39.3 Å². The maximum Gasteiger partial charge on any atom is 0.306 e. The molecule has 6 heteroatoms. The molecule has 0 N–H and O–H groups in total. The van der Waals surface area contributed by atoms with Crippen molar-refractivity contribution in [1.29, 1.82) is 0 Å². The highest BCUT2D eigenvalue weighted by Crippen LogP contribution is 2.19. The van der Waals surface area contributed by atoms with Crippen molar-refractivity contribution < 1.29 is 18.4 Å². The molecule has 0 aromatic rings. The lowest BCUT2D eigenvalue weighted by atomic mass is 10.0. The number of hydrogen-bond acceptors (Lipinski definition) is 4. The monoisotopic (exact) mass is 332 g/mol. The molecule has 0 aliphatic carbocycles. The molecular formula is C15H32O4Si2. The van der Waals surface area contributed by atoms with Gasteiger partial charge in [0, 0.05) is 0 Å². The Kier molecular flexibility index (Phi) is 8.47. The number of rotatable bonds is 9. The van der Waals surface area contributed by atoms with Crippen molar-refractivity contribution in [1.82, 2.24) is 0 Å².